The molecule has 0 aliphatic heterocycles. The molecule has 5 nitrogen and oxygen atoms in total. The first kappa shape index (κ1) is 12.9. The van der Waals surface area contributed by atoms with E-state index in [9.17, 15) is 9.18 Å². The van der Waals surface area contributed by atoms with Crippen LogP contribution in [0.4, 0.5) is 9.18 Å². The van der Waals surface area contributed by atoms with Crippen LogP contribution in [0.1, 0.15) is 17.4 Å². The normalized spacial score (nSPS) is 11.9. The Morgan fingerprint density at radius 2 is 2.00 bits per heavy atom. The summed E-state index contributed by atoms with van der Waals surface area (Å²) in [5.41, 5.74) is 0.570. The van der Waals surface area contributed by atoms with E-state index in [1.807, 2.05) is 0 Å². The summed E-state index contributed by atoms with van der Waals surface area (Å²) < 4.78 is 23.1. The fourth-order valence-corrected chi connectivity index (χ4v) is 1.70. The third-order valence-electron chi connectivity index (χ3n) is 2.56. The average molecular weight is 265 g/mol. The summed E-state index contributed by atoms with van der Waals surface area (Å²) in [5.74, 6) is 0.245. The number of amides is 1. The molecule has 1 heterocycles. The zero-order valence-corrected chi connectivity index (χ0v) is 10.1. The minimum absolute atomic E-state index is 0.273. The highest BCUT2D eigenvalue weighted by Crippen LogP contribution is 2.27. The summed E-state index contributed by atoms with van der Waals surface area (Å²) in [4.78, 5) is 10.8. The number of furan rings is 1. The Morgan fingerprint density at radius 1 is 1.32 bits per heavy atom. The van der Waals surface area contributed by atoms with Crippen LogP contribution < -0.4 is 10.1 Å². The molecule has 19 heavy (non-hydrogen) atoms. The van der Waals surface area contributed by atoms with E-state index >= 15 is 0 Å². The molecule has 100 valence electrons. The molecule has 0 spiro atoms. The highest BCUT2D eigenvalue weighted by atomic mass is 19.1. The van der Waals surface area contributed by atoms with Gasteiger partial charge in [-0.05, 0) is 23.8 Å². The van der Waals surface area contributed by atoms with Crippen LogP contribution in [0.25, 0.3) is 0 Å². The number of nitrogens with one attached hydrogen (secondary N) is 1. The Balaban J connectivity index is 2.34. The van der Waals surface area contributed by atoms with Gasteiger partial charge in [0.2, 0.25) is 0 Å². The van der Waals surface area contributed by atoms with Crippen molar-refractivity contribution >= 4 is 6.09 Å². The van der Waals surface area contributed by atoms with Gasteiger partial charge in [-0.2, -0.15) is 0 Å². The molecule has 0 saturated heterocycles. The van der Waals surface area contributed by atoms with E-state index in [1.165, 1.54) is 31.4 Å². The standard InChI is InChI=1S/C13H12FNO4/c1-18-11-7-6-10(19-11)12(15-13(16)17)8-2-4-9(14)5-3-8/h2-7,12,15H,1H3,(H,16,17). The molecule has 1 aromatic carbocycles. The summed E-state index contributed by atoms with van der Waals surface area (Å²) in [6.45, 7) is 0. The number of benzene rings is 1. The maximum atomic E-state index is 12.9. The van der Waals surface area contributed by atoms with Gasteiger partial charge in [-0.25, -0.2) is 9.18 Å². The maximum absolute atomic E-state index is 12.9. The Hall–Kier alpha value is -2.50. The second-order valence-corrected chi connectivity index (χ2v) is 3.79. The summed E-state index contributed by atoms with van der Waals surface area (Å²) in [7, 11) is 1.44. The number of carboxylic acid groups (broad SMARTS) is 1. The zero-order chi connectivity index (χ0) is 13.8. The fourth-order valence-electron chi connectivity index (χ4n) is 1.70. The predicted molar refractivity (Wildman–Crippen MR) is 64.7 cm³/mol. The number of ether oxygens (including phenoxy) is 1. The third-order valence-corrected chi connectivity index (χ3v) is 2.56. The molecule has 1 unspecified atom stereocenters. The first-order valence-corrected chi connectivity index (χ1v) is 5.49. The number of methoxy groups -OCH3 is 1. The molecule has 1 aromatic heterocycles. The van der Waals surface area contributed by atoms with E-state index in [1.54, 1.807) is 12.1 Å². The smallest absolute Gasteiger partial charge is 0.405 e. The molecule has 0 bridgehead atoms. The highest BCUT2D eigenvalue weighted by Gasteiger charge is 2.20. The molecule has 0 radical (unpaired) electrons. The lowest BCUT2D eigenvalue weighted by atomic mass is 10.0. The Bertz CT molecular complexity index is 564. The Morgan fingerprint density at radius 3 is 2.53 bits per heavy atom. The predicted octanol–water partition coefficient (Wildman–Crippen LogP) is 2.78. The first-order valence-electron chi connectivity index (χ1n) is 5.49. The van der Waals surface area contributed by atoms with Crippen LogP contribution in [0, 0.1) is 5.82 Å². The number of hydrogen-bond acceptors (Lipinski definition) is 3. The number of carbonyl (C=O) groups is 1. The van der Waals surface area contributed by atoms with Crippen molar-refractivity contribution in [3.8, 4) is 5.95 Å². The molecule has 1 atom stereocenters. The van der Waals surface area contributed by atoms with Gasteiger partial charge >= 0.3 is 6.09 Å². The van der Waals surface area contributed by atoms with E-state index in [-0.39, 0.29) is 5.95 Å². The topological polar surface area (TPSA) is 71.7 Å². The van der Waals surface area contributed by atoms with E-state index in [0.29, 0.717) is 11.3 Å². The van der Waals surface area contributed by atoms with E-state index in [2.05, 4.69) is 5.32 Å². The van der Waals surface area contributed by atoms with Crippen molar-refractivity contribution in [1.29, 1.82) is 0 Å². The second kappa shape index (κ2) is 5.43. The van der Waals surface area contributed by atoms with Gasteiger partial charge in [-0.1, -0.05) is 12.1 Å². The summed E-state index contributed by atoms with van der Waals surface area (Å²) >= 11 is 0. The van der Waals surface area contributed by atoms with Gasteiger partial charge in [0.25, 0.3) is 5.95 Å². The van der Waals surface area contributed by atoms with Gasteiger partial charge in [-0.15, -0.1) is 0 Å². The van der Waals surface area contributed by atoms with Gasteiger partial charge in [0.1, 0.15) is 17.6 Å². The molecular weight excluding hydrogens is 253 g/mol. The summed E-state index contributed by atoms with van der Waals surface area (Å²) in [6, 6.07) is 7.95. The molecule has 0 aliphatic carbocycles. The third kappa shape index (κ3) is 3.04. The Kier molecular flexibility index (Phi) is 3.70. The number of hydrogen-bond donors (Lipinski definition) is 2. The number of rotatable bonds is 4. The fraction of sp³-hybridized carbons (Fsp3) is 0.154. The van der Waals surface area contributed by atoms with Crippen LogP contribution in [-0.2, 0) is 0 Å². The largest absolute Gasteiger partial charge is 0.468 e. The van der Waals surface area contributed by atoms with Crippen LogP contribution in [0.3, 0.4) is 0 Å². The lowest BCUT2D eigenvalue weighted by molar-refractivity contribution is 0.189. The van der Waals surface area contributed by atoms with Crippen molar-refractivity contribution in [3.63, 3.8) is 0 Å². The van der Waals surface area contributed by atoms with Crippen LogP contribution >= 0.6 is 0 Å². The van der Waals surface area contributed by atoms with Gasteiger partial charge in [0, 0.05) is 6.07 Å². The van der Waals surface area contributed by atoms with Crippen molar-refractivity contribution in [2.75, 3.05) is 7.11 Å². The SMILES string of the molecule is COc1ccc(C(NC(=O)O)c2ccc(F)cc2)o1. The van der Waals surface area contributed by atoms with Crippen molar-refractivity contribution in [2.24, 2.45) is 0 Å². The van der Waals surface area contributed by atoms with Crippen LogP contribution in [0.5, 0.6) is 5.95 Å². The quantitative estimate of drug-likeness (QED) is 0.891. The van der Waals surface area contributed by atoms with E-state index in [4.69, 9.17) is 14.3 Å². The summed E-state index contributed by atoms with van der Waals surface area (Å²) in [5, 5.41) is 11.2. The summed E-state index contributed by atoms with van der Waals surface area (Å²) in [6.07, 6.45) is -1.20. The molecule has 2 N–H and O–H groups in total. The lowest BCUT2D eigenvalue weighted by Crippen LogP contribution is -2.27. The molecule has 2 aromatic rings. The average Bonchev–Trinajstić information content (AvgIpc) is 2.85. The zero-order valence-electron chi connectivity index (χ0n) is 10.1. The minimum Gasteiger partial charge on any atom is -0.468 e. The Labute approximate surface area is 108 Å². The molecule has 6 heteroatoms. The highest BCUT2D eigenvalue weighted by molar-refractivity contribution is 5.66. The van der Waals surface area contributed by atoms with Gasteiger partial charge in [0.05, 0.1) is 7.11 Å². The van der Waals surface area contributed by atoms with Crippen LogP contribution in [0.2, 0.25) is 0 Å². The van der Waals surface area contributed by atoms with Crippen molar-refractivity contribution in [1.82, 2.24) is 5.32 Å². The van der Waals surface area contributed by atoms with Crippen molar-refractivity contribution < 1.29 is 23.4 Å². The molecule has 0 aliphatic rings. The van der Waals surface area contributed by atoms with Gasteiger partial charge < -0.3 is 19.6 Å². The minimum atomic E-state index is -1.20. The van der Waals surface area contributed by atoms with E-state index < -0.39 is 18.0 Å². The lowest BCUT2D eigenvalue weighted by Gasteiger charge is -2.14. The van der Waals surface area contributed by atoms with Crippen molar-refractivity contribution in [2.45, 2.75) is 6.04 Å². The second-order valence-electron chi connectivity index (χ2n) is 3.79. The monoisotopic (exact) mass is 265 g/mol. The maximum Gasteiger partial charge on any atom is 0.405 e. The first-order chi connectivity index (χ1) is 9.10. The van der Waals surface area contributed by atoms with Crippen molar-refractivity contribution in [3.05, 3.63) is 53.5 Å². The van der Waals surface area contributed by atoms with E-state index in [0.717, 1.165) is 0 Å². The van der Waals surface area contributed by atoms with Gasteiger partial charge in [0.15, 0.2) is 0 Å². The molecule has 1 amide bonds. The molecular formula is C13H12FNO4. The van der Waals surface area contributed by atoms with Gasteiger partial charge in [-0.3, -0.25) is 0 Å². The van der Waals surface area contributed by atoms with Crippen LogP contribution in [0.15, 0.2) is 40.8 Å². The number of halogens is 1. The molecule has 0 fully saturated rings. The molecule has 2 rings (SSSR count). The molecule has 0 saturated carbocycles. The van der Waals surface area contributed by atoms with Crippen LogP contribution in [-0.4, -0.2) is 18.3 Å².